The molecule has 0 bridgehead atoms. The summed E-state index contributed by atoms with van der Waals surface area (Å²) < 4.78 is 6.15. The Labute approximate surface area is 238 Å². The maximum absolute atomic E-state index is 13.9. The lowest BCUT2D eigenvalue weighted by atomic mass is 10.0. The molecule has 9 nitrogen and oxygen atoms in total. The minimum Gasteiger partial charge on any atom is -0.448 e. The minimum atomic E-state index is -0.691. The SMILES string of the molecule is NC1C(=O)N2C(C(=O)OC(c3ccccc3)c3ccccc3)=C(c3cnc(NC(=O)c4cccnc4)s3)CSC12. The number of benzene rings is 2. The van der Waals surface area contributed by atoms with Crippen molar-refractivity contribution in [2.75, 3.05) is 11.1 Å². The lowest BCUT2D eigenvalue weighted by molar-refractivity contribution is -0.152. The van der Waals surface area contributed by atoms with Crippen molar-refractivity contribution >= 4 is 51.6 Å². The number of rotatable bonds is 7. The van der Waals surface area contributed by atoms with E-state index in [4.69, 9.17) is 10.5 Å². The van der Waals surface area contributed by atoms with E-state index in [1.54, 1.807) is 24.5 Å². The summed E-state index contributed by atoms with van der Waals surface area (Å²) in [7, 11) is 0. The molecule has 6 rings (SSSR count). The van der Waals surface area contributed by atoms with Crippen LogP contribution in [0.2, 0.25) is 0 Å². The molecule has 1 fully saturated rings. The number of amides is 2. The van der Waals surface area contributed by atoms with Crippen LogP contribution in [0.4, 0.5) is 5.13 Å². The van der Waals surface area contributed by atoms with Gasteiger partial charge in [-0.1, -0.05) is 72.0 Å². The van der Waals surface area contributed by atoms with Gasteiger partial charge in [-0.25, -0.2) is 9.78 Å². The zero-order chi connectivity index (χ0) is 27.6. The number of nitrogens with two attached hydrogens (primary N) is 1. The van der Waals surface area contributed by atoms with Gasteiger partial charge < -0.3 is 10.5 Å². The number of pyridine rings is 1. The van der Waals surface area contributed by atoms with Gasteiger partial charge >= 0.3 is 5.97 Å². The normalized spacial score (nSPS) is 18.2. The largest absolute Gasteiger partial charge is 0.448 e. The van der Waals surface area contributed by atoms with E-state index in [-0.39, 0.29) is 22.9 Å². The molecule has 200 valence electrons. The van der Waals surface area contributed by atoms with Crippen LogP contribution in [-0.4, -0.2) is 49.8 Å². The van der Waals surface area contributed by atoms with Crippen LogP contribution in [0.15, 0.2) is 97.1 Å². The smallest absolute Gasteiger partial charge is 0.356 e. The van der Waals surface area contributed by atoms with Gasteiger partial charge in [0.05, 0.1) is 10.4 Å². The first-order valence-electron chi connectivity index (χ1n) is 12.4. The second kappa shape index (κ2) is 11.0. The predicted octanol–water partition coefficient (Wildman–Crippen LogP) is 4.08. The van der Waals surface area contributed by atoms with Crippen molar-refractivity contribution in [2.24, 2.45) is 5.73 Å². The summed E-state index contributed by atoms with van der Waals surface area (Å²) in [5.41, 5.74) is 8.83. The number of nitrogens with one attached hydrogen (secondary N) is 1. The number of ether oxygens (including phenoxy) is 1. The van der Waals surface area contributed by atoms with Crippen LogP contribution in [0.25, 0.3) is 5.57 Å². The number of carbonyl (C=O) groups excluding carboxylic acids is 3. The number of anilines is 1. The van der Waals surface area contributed by atoms with E-state index in [1.165, 1.54) is 34.2 Å². The Kier molecular flexibility index (Phi) is 7.16. The van der Waals surface area contributed by atoms with Crippen LogP contribution in [-0.2, 0) is 14.3 Å². The molecule has 40 heavy (non-hydrogen) atoms. The Hall–Kier alpha value is -4.32. The van der Waals surface area contributed by atoms with E-state index >= 15 is 0 Å². The van der Waals surface area contributed by atoms with Gasteiger partial charge in [-0.05, 0) is 23.3 Å². The van der Waals surface area contributed by atoms with E-state index in [0.717, 1.165) is 11.1 Å². The molecule has 1 saturated heterocycles. The van der Waals surface area contributed by atoms with Gasteiger partial charge in [0.25, 0.3) is 5.91 Å². The molecule has 0 aliphatic carbocycles. The van der Waals surface area contributed by atoms with Crippen LogP contribution in [0.1, 0.15) is 32.5 Å². The van der Waals surface area contributed by atoms with Crippen LogP contribution in [0.3, 0.4) is 0 Å². The molecule has 2 unspecified atom stereocenters. The van der Waals surface area contributed by atoms with Crippen LogP contribution in [0.5, 0.6) is 0 Å². The fraction of sp³-hybridized carbons (Fsp3) is 0.138. The molecule has 11 heteroatoms. The van der Waals surface area contributed by atoms with Crippen molar-refractivity contribution in [2.45, 2.75) is 17.5 Å². The van der Waals surface area contributed by atoms with E-state index in [1.807, 2.05) is 60.7 Å². The number of nitrogens with zero attached hydrogens (tertiary/aromatic N) is 3. The number of hydrogen-bond donors (Lipinski definition) is 2. The summed E-state index contributed by atoms with van der Waals surface area (Å²) in [5.74, 6) is -0.899. The number of thiazole rings is 1. The highest BCUT2D eigenvalue weighted by Crippen LogP contribution is 2.45. The molecule has 2 aromatic carbocycles. The molecule has 3 N–H and O–H groups in total. The van der Waals surface area contributed by atoms with Gasteiger partial charge in [0.15, 0.2) is 11.2 Å². The van der Waals surface area contributed by atoms with Crippen LogP contribution in [0, 0.1) is 0 Å². The average Bonchev–Trinajstić information content (AvgIpc) is 3.48. The summed E-state index contributed by atoms with van der Waals surface area (Å²) in [6.07, 6.45) is 3.95. The molecule has 2 aliphatic rings. The van der Waals surface area contributed by atoms with Gasteiger partial charge in [-0.15, -0.1) is 11.8 Å². The van der Waals surface area contributed by atoms with E-state index in [0.29, 0.717) is 26.9 Å². The summed E-state index contributed by atoms with van der Waals surface area (Å²) >= 11 is 2.69. The lowest BCUT2D eigenvalue weighted by Gasteiger charge is -2.48. The number of aromatic nitrogens is 2. The topological polar surface area (TPSA) is 128 Å². The molecule has 0 spiro atoms. The zero-order valence-corrected chi connectivity index (χ0v) is 22.6. The molecule has 0 saturated carbocycles. The fourth-order valence-corrected chi connectivity index (χ4v) is 6.84. The molecule has 2 amide bonds. The Balaban J connectivity index is 1.34. The number of β-lactam (4-membered cyclic amide) rings is 1. The van der Waals surface area contributed by atoms with Crippen molar-refractivity contribution < 1.29 is 19.1 Å². The third-order valence-corrected chi connectivity index (χ3v) is 8.85. The highest BCUT2D eigenvalue weighted by Gasteiger charge is 2.52. The summed E-state index contributed by atoms with van der Waals surface area (Å²) in [5, 5.41) is 2.77. The van der Waals surface area contributed by atoms with Crippen LogP contribution < -0.4 is 11.1 Å². The minimum absolute atomic E-state index is 0.154. The third-order valence-electron chi connectivity index (χ3n) is 6.58. The number of carbonyl (C=O) groups is 3. The second-order valence-electron chi connectivity index (χ2n) is 9.09. The number of esters is 1. The molecule has 2 atom stereocenters. The predicted molar refractivity (Wildman–Crippen MR) is 153 cm³/mol. The third kappa shape index (κ3) is 4.90. The molecular weight excluding hydrogens is 546 g/mol. The van der Waals surface area contributed by atoms with Gasteiger partial charge in [0.1, 0.15) is 17.1 Å². The Morgan fingerprint density at radius 2 is 1.70 bits per heavy atom. The van der Waals surface area contributed by atoms with Crippen LogP contribution >= 0.6 is 23.1 Å². The summed E-state index contributed by atoms with van der Waals surface area (Å²) in [6.45, 7) is 0. The highest BCUT2D eigenvalue weighted by molar-refractivity contribution is 8.00. The first-order valence-corrected chi connectivity index (χ1v) is 14.3. The van der Waals surface area contributed by atoms with E-state index < -0.39 is 18.1 Å². The van der Waals surface area contributed by atoms with E-state index in [2.05, 4.69) is 15.3 Å². The first-order chi connectivity index (χ1) is 19.5. The molecule has 0 radical (unpaired) electrons. The van der Waals surface area contributed by atoms with Crippen molar-refractivity contribution in [1.82, 2.24) is 14.9 Å². The van der Waals surface area contributed by atoms with Crippen molar-refractivity contribution in [3.8, 4) is 0 Å². The molecule has 4 heterocycles. The van der Waals surface area contributed by atoms with Gasteiger partial charge in [0.2, 0.25) is 5.91 Å². The second-order valence-corrected chi connectivity index (χ2v) is 11.2. The Bertz CT molecular complexity index is 1550. The molecule has 2 aromatic heterocycles. The maximum atomic E-state index is 13.9. The fourth-order valence-electron chi connectivity index (χ4n) is 4.58. The first kappa shape index (κ1) is 25.9. The van der Waals surface area contributed by atoms with Crippen molar-refractivity contribution in [1.29, 1.82) is 0 Å². The summed E-state index contributed by atoms with van der Waals surface area (Å²) in [6, 6.07) is 21.5. The number of fused-ring (bicyclic) bond motifs is 1. The highest BCUT2D eigenvalue weighted by atomic mass is 32.2. The number of thioether (sulfide) groups is 1. The summed E-state index contributed by atoms with van der Waals surface area (Å²) in [4.78, 5) is 49.8. The maximum Gasteiger partial charge on any atom is 0.356 e. The quantitative estimate of drug-likeness (QED) is 0.252. The zero-order valence-electron chi connectivity index (χ0n) is 21.0. The lowest BCUT2D eigenvalue weighted by Crippen LogP contribution is -2.68. The average molecular weight is 570 g/mol. The van der Waals surface area contributed by atoms with Crippen molar-refractivity contribution in [3.63, 3.8) is 0 Å². The molecule has 4 aromatic rings. The monoisotopic (exact) mass is 569 g/mol. The van der Waals surface area contributed by atoms with Gasteiger partial charge in [-0.2, -0.15) is 0 Å². The van der Waals surface area contributed by atoms with Crippen molar-refractivity contribution in [3.05, 3.63) is 119 Å². The standard InChI is InChI=1S/C29H23N5O4S2/c30-22-26(36)34-23(28(37)38-24(17-8-3-1-4-9-17)18-10-5-2-6-11-18)20(16-39-27(22)34)21-15-32-29(40-21)33-25(35)19-12-7-13-31-14-19/h1-15,22,24,27H,16,30H2,(H,32,33,35). The Morgan fingerprint density at radius 3 is 2.35 bits per heavy atom. The Morgan fingerprint density at radius 1 is 1.00 bits per heavy atom. The van der Waals surface area contributed by atoms with Gasteiger partial charge in [-0.3, -0.25) is 24.8 Å². The van der Waals surface area contributed by atoms with Gasteiger partial charge in [0, 0.05) is 29.9 Å². The molecule has 2 aliphatic heterocycles. The molecular formula is C29H23N5O4S2. The number of hydrogen-bond acceptors (Lipinski definition) is 9. The van der Waals surface area contributed by atoms with E-state index in [9.17, 15) is 14.4 Å².